The highest BCUT2D eigenvalue weighted by Crippen LogP contribution is 2.37. The molecule has 1 aliphatic rings. The van der Waals surface area contributed by atoms with E-state index in [0.29, 0.717) is 10.5 Å². The van der Waals surface area contributed by atoms with E-state index in [1.807, 2.05) is 27.7 Å². The Morgan fingerprint density at radius 3 is 1.86 bits per heavy atom. The highest BCUT2D eigenvalue weighted by molar-refractivity contribution is 6.63. The first-order valence-electron chi connectivity index (χ1n) is 8.56. The van der Waals surface area contributed by atoms with Gasteiger partial charge in [0.05, 0.1) is 11.2 Å². The summed E-state index contributed by atoms with van der Waals surface area (Å²) >= 11 is 6.05. The van der Waals surface area contributed by atoms with Gasteiger partial charge in [-0.3, -0.25) is 0 Å². The van der Waals surface area contributed by atoms with Crippen molar-refractivity contribution in [3.05, 3.63) is 57.9 Å². The number of halogens is 6. The van der Waals surface area contributed by atoms with Crippen LogP contribution in [0.15, 0.2) is 23.2 Å². The number of hydrogen-bond donors (Lipinski definition) is 0. The highest BCUT2D eigenvalue weighted by Gasteiger charge is 2.52. The number of benzene rings is 2. The fourth-order valence-corrected chi connectivity index (χ4v) is 2.86. The van der Waals surface area contributed by atoms with Crippen LogP contribution in [0.5, 0.6) is 0 Å². The van der Waals surface area contributed by atoms with Crippen LogP contribution in [-0.2, 0) is 9.31 Å². The molecule has 0 aliphatic carbocycles. The molecule has 1 aliphatic heterocycles. The third-order valence-electron chi connectivity index (χ3n) is 5.08. The second-order valence-corrected chi connectivity index (χ2v) is 7.97. The van der Waals surface area contributed by atoms with Crippen molar-refractivity contribution in [2.75, 3.05) is 0 Å². The molecule has 10 heteroatoms. The summed E-state index contributed by atoms with van der Waals surface area (Å²) in [5.74, 6) is -10.4. The summed E-state index contributed by atoms with van der Waals surface area (Å²) in [7, 11) is -0.878. The van der Waals surface area contributed by atoms with Gasteiger partial charge >= 0.3 is 7.12 Å². The van der Waals surface area contributed by atoms with Crippen molar-refractivity contribution >= 4 is 36.1 Å². The Morgan fingerprint density at radius 2 is 1.34 bits per heavy atom. The van der Waals surface area contributed by atoms with Crippen molar-refractivity contribution in [3.63, 3.8) is 0 Å². The second kappa shape index (κ2) is 7.38. The smallest absolute Gasteiger partial charge is 0.399 e. The van der Waals surface area contributed by atoms with Crippen LogP contribution in [0, 0.1) is 29.1 Å². The Bertz CT molecular complexity index is 968. The molecule has 0 aromatic heterocycles. The van der Waals surface area contributed by atoms with Gasteiger partial charge in [-0.1, -0.05) is 17.7 Å². The van der Waals surface area contributed by atoms with Gasteiger partial charge in [-0.15, -0.1) is 0 Å². The minimum Gasteiger partial charge on any atom is -0.399 e. The van der Waals surface area contributed by atoms with Gasteiger partial charge in [0.15, 0.2) is 23.3 Å². The zero-order valence-electron chi connectivity index (χ0n) is 15.9. The minimum atomic E-state index is -2.25. The molecule has 0 radical (unpaired) electrons. The normalized spacial score (nSPS) is 18.1. The monoisotopic (exact) mass is 431 g/mol. The van der Waals surface area contributed by atoms with Crippen LogP contribution in [-0.4, -0.2) is 24.5 Å². The first-order valence-corrected chi connectivity index (χ1v) is 8.94. The van der Waals surface area contributed by atoms with Crippen LogP contribution < -0.4 is 5.46 Å². The molecule has 3 nitrogen and oxygen atoms in total. The van der Waals surface area contributed by atoms with Gasteiger partial charge in [-0.05, 0) is 50.9 Å². The van der Waals surface area contributed by atoms with Gasteiger partial charge in [0.25, 0.3) is 0 Å². The van der Waals surface area contributed by atoms with Gasteiger partial charge in [-0.25, -0.2) is 26.9 Å². The number of rotatable bonds is 3. The second-order valence-electron chi connectivity index (χ2n) is 7.54. The van der Waals surface area contributed by atoms with Crippen LogP contribution in [0.3, 0.4) is 0 Å². The predicted octanol–water partition coefficient (Wildman–Crippen LogP) is 5.09. The molecule has 2 aromatic rings. The highest BCUT2D eigenvalue weighted by atomic mass is 35.5. The van der Waals surface area contributed by atoms with Gasteiger partial charge in [0.2, 0.25) is 5.82 Å². The molecule has 0 atom stereocenters. The van der Waals surface area contributed by atoms with Crippen LogP contribution in [0.25, 0.3) is 0 Å². The maximum atomic E-state index is 13.9. The average Bonchev–Trinajstić information content (AvgIpc) is 2.86. The number of hydrogen-bond acceptors (Lipinski definition) is 3. The molecule has 29 heavy (non-hydrogen) atoms. The predicted molar refractivity (Wildman–Crippen MR) is 101 cm³/mol. The Balaban J connectivity index is 2.05. The molecule has 1 heterocycles. The van der Waals surface area contributed by atoms with Crippen molar-refractivity contribution in [2.24, 2.45) is 4.99 Å². The molecule has 1 saturated heterocycles. The molecule has 0 N–H and O–H groups in total. The topological polar surface area (TPSA) is 30.8 Å². The zero-order valence-corrected chi connectivity index (χ0v) is 16.7. The van der Waals surface area contributed by atoms with Crippen LogP contribution >= 0.6 is 11.6 Å². The molecular weight excluding hydrogens is 415 g/mol. The van der Waals surface area contributed by atoms with Gasteiger partial charge in [0.1, 0.15) is 5.69 Å². The lowest BCUT2D eigenvalue weighted by Gasteiger charge is -2.32. The minimum absolute atomic E-state index is 0.275. The van der Waals surface area contributed by atoms with Gasteiger partial charge in [0, 0.05) is 11.2 Å². The third-order valence-corrected chi connectivity index (χ3v) is 5.31. The Labute approximate surface area is 169 Å². The van der Waals surface area contributed by atoms with E-state index in [4.69, 9.17) is 20.9 Å². The largest absolute Gasteiger partial charge is 0.495 e. The summed E-state index contributed by atoms with van der Waals surface area (Å²) in [4.78, 5) is 3.50. The van der Waals surface area contributed by atoms with E-state index in [1.54, 1.807) is 0 Å². The Morgan fingerprint density at radius 1 is 0.862 bits per heavy atom. The quantitative estimate of drug-likeness (QED) is 0.223. The Kier molecular flexibility index (Phi) is 5.53. The van der Waals surface area contributed by atoms with Crippen LogP contribution in [0.4, 0.5) is 27.6 Å². The first kappa shape index (κ1) is 21.7. The van der Waals surface area contributed by atoms with Crippen LogP contribution in [0.1, 0.15) is 33.3 Å². The lowest BCUT2D eigenvalue weighted by Crippen LogP contribution is -2.41. The molecule has 0 amide bonds. The molecule has 2 aromatic carbocycles. The standard InChI is InChI=1S/C19H16BClF5NO2/c1-18(2)19(3,4)29-20(28-18)11-7-10(21)6-5-9(11)8-27-17-15(25)13(23)12(22)14(24)16(17)26/h5-8H,1-4H3. The summed E-state index contributed by atoms with van der Waals surface area (Å²) in [6.45, 7) is 7.33. The molecule has 3 rings (SSSR count). The van der Waals surface area contributed by atoms with Crippen molar-refractivity contribution < 1.29 is 31.3 Å². The summed E-state index contributed by atoms with van der Waals surface area (Å²) in [6, 6.07) is 4.47. The van der Waals surface area contributed by atoms with Gasteiger partial charge in [-0.2, -0.15) is 0 Å². The molecule has 0 unspecified atom stereocenters. The first-order chi connectivity index (χ1) is 13.4. The maximum absolute atomic E-state index is 13.9. The zero-order chi connectivity index (χ0) is 21.7. The molecular formula is C19H16BClF5NO2. The SMILES string of the molecule is CC1(C)OB(c2cc(Cl)ccc2C=Nc2c(F)c(F)c(F)c(F)c2F)OC1(C)C. The van der Waals surface area contributed by atoms with E-state index in [9.17, 15) is 22.0 Å². The van der Waals surface area contributed by atoms with E-state index in [0.717, 1.165) is 6.21 Å². The van der Waals surface area contributed by atoms with E-state index in [1.165, 1.54) is 18.2 Å². The van der Waals surface area contributed by atoms with E-state index < -0.39 is 53.1 Å². The molecule has 1 fully saturated rings. The summed E-state index contributed by atoms with van der Waals surface area (Å²) in [5, 5.41) is 0.336. The lowest BCUT2D eigenvalue weighted by molar-refractivity contribution is 0.00578. The van der Waals surface area contributed by atoms with E-state index in [2.05, 4.69) is 4.99 Å². The maximum Gasteiger partial charge on any atom is 0.495 e. The molecule has 0 saturated carbocycles. The number of nitrogens with zero attached hydrogens (tertiary/aromatic N) is 1. The van der Waals surface area contributed by atoms with Gasteiger partial charge < -0.3 is 9.31 Å². The van der Waals surface area contributed by atoms with E-state index >= 15 is 0 Å². The van der Waals surface area contributed by atoms with Crippen molar-refractivity contribution in [3.8, 4) is 0 Å². The van der Waals surface area contributed by atoms with Crippen molar-refractivity contribution in [1.82, 2.24) is 0 Å². The average molecular weight is 432 g/mol. The lowest BCUT2D eigenvalue weighted by atomic mass is 9.76. The third kappa shape index (κ3) is 3.79. The molecule has 154 valence electrons. The van der Waals surface area contributed by atoms with Crippen molar-refractivity contribution in [2.45, 2.75) is 38.9 Å². The Hall–Kier alpha value is -1.97. The fraction of sp³-hybridized carbons (Fsp3) is 0.316. The molecule has 0 bridgehead atoms. The summed E-state index contributed by atoms with van der Waals surface area (Å²) < 4.78 is 79.6. The summed E-state index contributed by atoms with van der Waals surface area (Å²) in [6.07, 6.45) is 0.967. The van der Waals surface area contributed by atoms with E-state index in [-0.39, 0.29) is 5.56 Å². The van der Waals surface area contributed by atoms with Crippen molar-refractivity contribution in [1.29, 1.82) is 0 Å². The van der Waals surface area contributed by atoms with Crippen LogP contribution in [0.2, 0.25) is 5.02 Å². The fourth-order valence-electron chi connectivity index (χ4n) is 2.68. The summed E-state index contributed by atoms with van der Waals surface area (Å²) in [5.41, 5.74) is -1.97. The number of aliphatic imine (C=N–C) groups is 1. The molecule has 0 spiro atoms.